The summed E-state index contributed by atoms with van der Waals surface area (Å²) in [5.41, 5.74) is 5.96. The zero-order chi connectivity index (χ0) is 15.6. The van der Waals surface area contributed by atoms with Gasteiger partial charge in [-0.3, -0.25) is 4.79 Å². The van der Waals surface area contributed by atoms with Crippen molar-refractivity contribution in [1.82, 2.24) is 4.90 Å². The minimum absolute atomic E-state index is 0. The highest BCUT2D eigenvalue weighted by molar-refractivity contribution is 5.85. The van der Waals surface area contributed by atoms with Crippen LogP contribution in [0.4, 0.5) is 4.39 Å². The van der Waals surface area contributed by atoms with E-state index in [2.05, 4.69) is 13.8 Å². The summed E-state index contributed by atoms with van der Waals surface area (Å²) in [6, 6.07) is 6.19. The van der Waals surface area contributed by atoms with E-state index in [1.54, 1.807) is 24.0 Å². The SMILES string of the molecule is CC(Oc1ccccc1F)C(=O)N1CCC(N)C(C)(C)C1.Cl. The van der Waals surface area contributed by atoms with Gasteiger partial charge in [0.15, 0.2) is 17.7 Å². The molecule has 0 spiro atoms. The molecular weight excluding hydrogens is 307 g/mol. The van der Waals surface area contributed by atoms with Crippen molar-refractivity contribution in [3.63, 3.8) is 0 Å². The van der Waals surface area contributed by atoms with Gasteiger partial charge in [0.05, 0.1) is 0 Å². The van der Waals surface area contributed by atoms with E-state index in [0.717, 1.165) is 6.42 Å². The van der Waals surface area contributed by atoms with Crippen LogP contribution >= 0.6 is 12.4 Å². The van der Waals surface area contributed by atoms with E-state index in [4.69, 9.17) is 10.5 Å². The monoisotopic (exact) mass is 330 g/mol. The molecule has 0 bridgehead atoms. The van der Waals surface area contributed by atoms with Gasteiger partial charge in [-0.2, -0.15) is 0 Å². The second-order valence-corrected chi connectivity index (χ2v) is 6.33. The fourth-order valence-corrected chi connectivity index (χ4v) is 2.60. The van der Waals surface area contributed by atoms with E-state index < -0.39 is 11.9 Å². The van der Waals surface area contributed by atoms with Crippen LogP contribution in [0.5, 0.6) is 5.75 Å². The van der Waals surface area contributed by atoms with Crippen LogP contribution in [-0.4, -0.2) is 36.0 Å². The third kappa shape index (κ3) is 4.11. The Morgan fingerprint density at radius 1 is 1.45 bits per heavy atom. The number of para-hydroxylation sites is 1. The molecule has 1 fully saturated rings. The Kier molecular flexibility index (Phi) is 6.20. The number of nitrogens with zero attached hydrogens (tertiary/aromatic N) is 1. The third-order valence-electron chi connectivity index (χ3n) is 4.11. The molecule has 0 aliphatic carbocycles. The molecule has 0 saturated carbocycles. The van der Waals surface area contributed by atoms with E-state index in [1.807, 2.05) is 0 Å². The van der Waals surface area contributed by atoms with Gasteiger partial charge in [-0.25, -0.2) is 4.39 Å². The Hall–Kier alpha value is -1.33. The topological polar surface area (TPSA) is 55.6 Å². The maximum Gasteiger partial charge on any atom is 0.263 e. The van der Waals surface area contributed by atoms with Gasteiger partial charge in [0.1, 0.15) is 0 Å². The van der Waals surface area contributed by atoms with Gasteiger partial charge in [0.2, 0.25) is 0 Å². The molecule has 1 aromatic carbocycles. The van der Waals surface area contributed by atoms with Gasteiger partial charge >= 0.3 is 0 Å². The van der Waals surface area contributed by atoms with Crippen molar-refractivity contribution in [2.75, 3.05) is 13.1 Å². The number of carbonyl (C=O) groups is 1. The summed E-state index contributed by atoms with van der Waals surface area (Å²) < 4.78 is 19.0. The number of benzene rings is 1. The van der Waals surface area contributed by atoms with Crippen LogP contribution in [0.1, 0.15) is 27.2 Å². The molecule has 1 heterocycles. The minimum atomic E-state index is -0.716. The van der Waals surface area contributed by atoms with Crippen LogP contribution < -0.4 is 10.5 Å². The molecule has 2 unspecified atom stereocenters. The highest BCUT2D eigenvalue weighted by atomic mass is 35.5. The molecule has 0 aromatic heterocycles. The van der Waals surface area contributed by atoms with Crippen LogP contribution in [0.2, 0.25) is 0 Å². The van der Waals surface area contributed by atoms with Gasteiger partial charge in [-0.1, -0.05) is 26.0 Å². The molecule has 4 nitrogen and oxygen atoms in total. The average molecular weight is 331 g/mol. The summed E-state index contributed by atoms with van der Waals surface area (Å²) in [7, 11) is 0. The van der Waals surface area contributed by atoms with Crippen molar-refractivity contribution in [1.29, 1.82) is 0 Å². The first kappa shape index (κ1) is 18.7. The second kappa shape index (κ2) is 7.29. The molecule has 124 valence electrons. The maximum atomic E-state index is 13.6. The molecule has 1 saturated heterocycles. The van der Waals surface area contributed by atoms with Crippen LogP contribution in [0.15, 0.2) is 24.3 Å². The molecule has 6 heteroatoms. The molecular formula is C16H24ClFN2O2. The van der Waals surface area contributed by atoms with Gasteiger partial charge in [0, 0.05) is 19.1 Å². The first-order valence-electron chi connectivity index (χ1n) is 7.27. The molecule has 0 radical (unpaired) electrons. The highest BCUT2D eigenvalue weighted by Gasteiger charge is 2.36. The van der Waals surface area contributed by atoms with Crippen molar-refractivity contribution in [2.45, 2.75) is 39.3 Å². The van der Waals surface area contributed by atoms with Crippen molar-refractivity contribution in [3.8, 4) is 5.75 Å². The highest BCUT2D eigenvalue weighted by Crippen LogP contribution is 2.28. The Balaban J connectivity index is 0.00000242. The fraction of sp³-hybridized carbons (Fsp3) is 0.562. The van der Waals surface area contributed by atoms with Gasteiger partial charge in [-0.15, -0.1) is 12.4 Å². The standard InChI is InChI=1S/C16H23FN2O2.ClH/c1-11(21-13-7-5-4-6-12(13)17)15(20)19-9-8-14(18)16(2,3)10-19;/h4-7,11,14H,8-10,18H2,1-3H3;1H. The number of hydrogen-bond acceptors (Lipinski definition) is 3. The zero-order valence-electron chi connectivity index (χ0n) is 13.2. The van der Waals surface area contributed by atoms with Crippen LogP contribution in [0, 0.1) is 11.2 Å². The second-order valence-electron chi connectivity index (χ2n) is 6.33. The fourth-order valence-electron chi connectivity index (χ4n) is 2.60. The van der Waals surface area contributed by atoms with E-state index >= 15 is 0 Å². The summed E-state index contributed by atoms with van der Waals surface area (Å²) in [6.07, 6.45) is 0.0533. The van der Waals surface area contributed by atoms with Crippen molar-refractivity contribution >= 4 is 18.3 Å². The summed E-state index contributed by atoms with van der Waals surface area (Å²) in [4.78, 5) is 14.2. The molecule has 2 N–H and O–H groups in total. The minimum Gasteiger partial charge on any atom is -0.478 e. The Morgan fingerprint density at radius 2 is 2.09 bits per heavy atom. The Bertz CT molecular complexity index is 525. The molecule has 1 amide bonds. The summed E-state index contributed by atoms with van der Waals surface area (Å²) >= 11 is 0. The third-order valence-corrected chi connectivity index (χ3v) is 4.11. The van der Waals surface area contributed by atoms with Crippen LogP contribution in [0.25, 0.3) is 0 Å². The Morgan fingerprint density at radius 3 is 2.68 bits per heavy atom. The van der Waals surface area contributed by atoms with Crippen LogP contribution in [0.3, 0.4) is 0 Å². The van der Waals surface area contributed by atoms with E-state index in [1.165, 1.54) is 12.1 Å². The van der Waals surface area contributed by atoms with E-state index in [9.17, 15) is 9.18 Å². The molecule has 22 heavy (non-hydrogen) atoms. The van der Waals surface area contributed by atoms with Gasteiger partial charge in [0.25, 0.3) is 5.91 Å². The Labute approximate surface area is 137 Å². The molecule has 1 aliphatic heterocycles. The number of ether oxygens (including phenoxy) is 1. The predicted molar refractivity (Wildman–Crippen MR) is 86.7 cm³/mol. The number of nitrogens with two attached hydrogens (primary N) is 1. The molecule has 2 atom stereocenters. The smallest absolute Gasteiger partial charge is 0.263 e. The number of carbonyl (C=O) groups excluding carboxylic acids is 1. The lowest BCUT2D eigenvalue weighted by Crippen LogP contribution is -2.56. The summed E-state index contributed by atoms with van der Waals surface area (Å²) in [5.74, 6) is -0.484. The number of halogens is 2. The lowest BCUT2D eigenvalue weighted by Gasteiger charge is -2.43. The lowest BCUT2D eigenvalue weighted by atomic mass is 9.79. The van der Waals surface area contributed by atoms with E-state index in [0.29, 0.717) is 13.1 Å². The number of likely N-dealkylation sites (tertiary alicyclic amines) is 1. The van der Waals surface area contributed by atoms with Crippen LogP contribution in [-0.2, 0) is 4.79 Å². The van der Waals surface area contributed by atoms with Crippen molar-refractivity contribution in [3.05, 3.63) is 30.1 Å². The first-order chi connectivity index (χ1) is 9.81. The summed E-state index contributed by atoms with van der Waals surface area (Å²) in [6.45, 7) is 6.97. The lowest BCUT2D eigenvalue weighted by molar-refractivity contribution is -0.141. The van der Waals surface area contributed by atoms with Crippen molar-refractivity contribution < 1.29 is 13.9 Å². The molecule has 1 aliphatic rings. The van der Waals surface area contributed by atoms with E-state index in [-0.39, 0.29) is 35.5 Å². The first-order valence-corrected chi connectivity index (χ1v) is 7.27. The van der Waals surface area contributed by atoms with Gasteiger partial charge < -0.3 is 15.4 Å². The zero-order valence-corrected chi connectivity index (χ0v) is 14.0. The normalized spacial score (nSPS) is 21.7. The quantitative estimate of drug-likeness (QED) is 0.926. The summed E-state index contributed by atoms with van der Waals surface area (Å²) in [5, 5.41) is 0. The number of piperidine rings is 1. The predicted octanol–water partition coefficient (Wildman–Crippen LogP) is 2.60. The van der Waals surface area contributed by atoms with Gasteiger partial charge in [-0.05, 0) is 30.9 Å². The number of hydrogen-bond donors (Lipinski definition) is 1. The van der Waals surface area contributed by atoms with Crippen molar-refractivity contribution in [2.24, 2.45) is 11.1 Å². The molecule has 2 rings (SSSR count). The molecule has 1 aromatic rings. The number of amides is 1. The number of rotatable bonds is 3. The largest absolute Gasteiger partial charge is 0.478 e. The average Bonchev–Trinajstić information content (AvgIpc) is 2.43. The maximum absolute atomic E-state index is 13.6.